The second-order valence-corrected chi connectivity index (χ2v) is 16.0. The van der Waals surface area contributed by atoms with Crippen molar-refractivity contribution >= 4 is 47.0 Å². The first-order valence-corrected chi connectivity index (χ1v) is 23.0. The molecule has 4 unspecified atom stereocenters. The second kappa shape index (κ2) is 33.9. The molecule has 0 fully saturated rings. The van der Waals surface area contributed by atoms with Crippen LogP contribution in [0, 0.1) is 45.3 Å². The molecule has 4 atom stereocenters. The van der Waals surface area contributed by atoms with E-state index in [1.165, 1.54) is 0 Å². The number of carboxylic acids is 4. The van der Waals surface area contributed by atoms with E-state index in [9.17, 15) is 38.4 Å². The maximum Gasteiger partial charge on any atom is 0.314 e. The predicted octanol–water partition coefficient (Wildman–Crippen LogP) is 11.5. The molecular formula is C48H88O12Zr. The quantitative estimate of drug-likeness (QED) is 0.0539. The third-order valence-electron chi connectivity index (χ3n) is 14.3. The van der Waals surface area contributed by atoms with E-state index in [0.29, 0.717) is 25.7 Å². The van der Waals surface area contributed by atoms with Gasteiger partial charge in [-0.3, -0.25) is 38.4 Å². The zero-order chi connectivity index (χ0) is 48.2. The molecule has 0 bridgehead atoms. The molecule has 0 aliphatic heterocycles. The molecular weight excluding hydrogens is 860 g/mol. The van der Waals surface area contributed by atoms with Crippen LogP contribution in [0.25, 0.3) is 0 Å². The van der Waals surface area contributed by atoms with Crippen LogP contribution >= 0.6 is 0 Å². The van der Waals surface area contributed by atoms with Crippen molar-refractivity contribution in [3.63, 3.8) is 0 Å². The van der Waals surface area contributed by atoms with E-state index in [2.05, 4.69) is 0 Å². The minimum absolute atomic E-state index is 0. The predicted molar refractivity (Wildman–Crippen MR) is 239 cm³/mol. The van der Waals surface area contributed by atoms with Crippen molar-refractivity contribution in [2.75, 3.05) is 0 Å². The van der Waals surface area contributed by atoms with Crippen molar-refractivity contribution in [3.05, 3.63) is 0 Å². The van der Waals surface area contributed by atoms with Gasteiger partial charge in [0.2, 0.25) is 0 Å². The van der Waals surface area contributed by atoms with Crippen LogP contribution in [0.1, 0.15) is 214 Å². The molecule has 0 aromatic rings. The molecule has 0 amide bonds. The van der Waals surface area contributed by atoms with Crippen LogP contribution < -0.4 is 0 Å². The molecule has 13 heteroatoms. The molecule has 61 heavy (non-hydrogen) atoms. The van der Waals surface area contributed by atoms with E-state index in [0.717, 1.165) is 77.0 Å². The number of carboxylic acid groups (broad SMARTS) is 4. The molecule has 0 rings (SSSR count). The number of aliphatic carboxylic acids is 4. The molecule has 0 aliphatic carbocycles. The first-order valence-electron chi connectivity index (χ1n) is 23.0. The number of ketones is 4. The van der Waals surface area contributed by atoms with Crippen LogP contribution in [0.3, 0.4) is 0 Å². The zero-order valence-corrected chi connectivity index (χ0v) is 43.6. The molecule has 12 nitrogen and oxygen atoms in total. The van der Waals surface area contributed by atoms with Crippen molar-refractivity contribution in [1.29, 1.82) is 0 Å². The van der Waals surface area contributed by atoms with Gasteiger partial charge in [-0.2, -0.15) is 0 Å². The minimum atomic E-state index is -0.984. The molecule has 356 valence electrons. The maximum absolute atomic E-state index is 12.2. The van der Waals surface area contributed by atoms with Gasteiger partial charge in [-0.05, 0) is 103 Å². The summed E-state index contributed by atoms with van der Waals surface area (Å²) in [6.07, 6.45) is 10.2. The van der Waals surface area contributed by atoms with Crippen LogP contribution in [0.2, 0.25) is 0 Å². The molecule has 0 aromatic heterocycles. The summed E-state index contributed by atoms with van der Waals surface area (Å²) in [5.41, 5.74) is -1.73. The summed E-state index contributed by atoms with van der Waals surface area (Å²) < 4.78 is 0. The Hall–Kier alpha value is -2.56. The molecule has 0 saturated carbocycles. The van der Waals surface area contributed by atoms with Crippen molar-refractivity contribution < 1.29 is 85.0 Å². The van der Waals surface area contributed by atoms with Crippen LogP contribution in [0.15, 0.2) is 0 Å². The summed E-state index contributed by atoms with van der Waals surface area (Å²) in [6.45, 7) is 30.5. The van der Waals surface area contributed by atoms with Gasteiger partial charge in [-0.15, -0.1) is 0 Å². The van der Waals surface area contributed by atoms with Crippen LogP contribution in [-0.4, -0.2) is 67.4 Å². The Morgan fingerprint density at radius 3 is 0.426 bits per heavy atom. The fraction of sp³-hybridized carbons (Fsp3) is 0.833. The Balaban J connectivity index is -0.000000227. The Morgan fingerprint density at radius 2 is 0.377 bits per heavy atom. The van der Waals surface area contributed by atoms with Crippen LogP contribution in [-0.2, 0) is 64.6 Å². The Bertz CT molecular complexity index is 1090. The number of carbonyl (C=O) groups excluding carboxylic acids is 4. The van der Waals surface area contributed by atoms with Gasteiger partial charge >= 0.3 is 23.9 Å². The van der Waals surface area contributed by atoms with E-state index in [1.807, 2.05) is 83.1 Å². The van der Waals surface area contributed by atoms with Gasteiger partial charge in [0.05, 0.1) is 0 Å². The molecule has 0 heterocycles. The van der Waals surface area contributed by atoms with Gasteiger partial charge < -0.3 is 20.4 Å². The van der Waals surface area contributed by atoms with E-state index in [4.69, 9.17) is 20.4 Å². The summed E-state index contributed by atoms with van der Waals surface area (Å²) >= 11 is 0. The third kappa shape index (κ3) is 18.6. The standard InChI is InChI=1S/4C12H22O3.Zr/c4*1-5-9(11(14)15)10(13)12(6-2,7-3)8-4;/h4*9H,5-8H2,1-4H3,(H,14,15);. The van der Waals surface area contributed by atoms with E-state index in [1.54, 1.807) is 27.7 Å². The Labute approximate surface area is 389 Å². The van der Waals surface area contributed by atoms with Crippen LogP contribution in [0.4, 0.5) is 0 Å². The first-order chi connectivity index (χ1) is 27.9. The monoisotopic (exact) mass is 947 g/mol. The number of carbonyl (C=O) groups is 8. The van der Waals surface area contributed by atoms with Crippen molar-refractivity contribution in [1.82, 2.24) is 0 Å². The first kappa shape index (κ1) is 67.5. The van der Waals surface area contributed by atoms with Crippen molar-refractivity contribution in [2.24, 2.45) is 45.3 Å². The summed E-state index contributed by atoms with van der Waals surface area (Å²) in [6, 6.07) is 0. The van der Waals surface area contributed by atoms with Crippen LogP contribution in [0.5, 0.6) is 0 Å². The Kier molecular flexibility index (Phi) is 37.6. The minimum Gasteiger partial charge on any atom is -0.481 e. The summed E-state index contributed by atoms with van der Waals surface area (Å²) in [5, 5.41) is 35.9. The molecule has 0 spiro atoms. The normalized spacial score (nSPS) is 13.4. The average Bonchev–Trinajstić information content (AvgIpc) is 3.23. The fourth-order valence-electron chi connectivity index (χ4n) is 8.46. The molecule has 4 N–H and O–H groups in total. The summed E-state index contributed by atoms with van der Waals surface area (Å²) in [7, 11) is 0. The smallest absolute Gasteiger partial charge is 0.314 e. The SMILES string of the molecule is CCC(C(=O)O)C(=O)C(CC)(CC)CC.CCC(C(=O)O)C(=O)C(CC)(CC)CC.CCC(C(=O)O)C(=O)C(CC)(CC)CC.CCC(C(=O)O)C(=O)C(CC)(CC)CC.[Zr]. The van der Waals surface area contributed by atoms with Gasteiger partial charge in [0, 0.05) is 47.9 Å². The largest absolute Gasteiger partial charge is 0.481 e. The summed E-state index contributed by atoms with van der Waals surface area (Å²) in [5.74, 6) is -7.62. The number of Topliss-reactive ketones (excluding diaryl/α,β-unsaturated/α-hetero) is 4. The maximum atomic E-state index is 12.2. The van der Waals surface area contributed by atoms with Gasteiger partial charge in [0.15, 0.2) is 23.1 Å². The van der Waals surface area contributed by atoms with E-state index >= 15 is 0 Å². The molecule has 0 saturated heterocycles. The fourth-order valence-corrected chi connectivity index (χ4v) is 8.46. The Morgan fingerprint density at radius 1 is 0.279 bits per heavy atom. The topological polar surface area (TPSA) is 217 Å². The van der Waals surface area contributed by atoms with Gasteiger partial charge in [-0.1, -0.05) is 111 Å². The summed E-state index contributed by atoms with van der Waals surface area (Å²) in [4.78, 5) is 92.4. The van der Waals surface area contributed by atoms with E-state index in [-0.39, 0.29) is 49.3 Å². The number of hydrogen-bond donors (Lipinski definition) is 4. The van der Waals surface area contributed by atoms with Gasteiger partial charge in [0.1, 0.15) is 23.7 Å². The molecule has 0 radical (unpaired) electrons. The second-order valence-electron chi connectivity index (χ2n) is 16.0. The van der Waals surface area contributed by atoms with Crippen molar-refractivity contribution in [2.45, 2.75) is 214 Å². The number of rotatable bonds is 28. The van der Waals surface area contributed by atoms with Crippen molar-refractivity contribution in [3.8, 4) is 0 Å². The van der Waals surface area contributed by atoms with E-state index < -0.39 is 69.2 Å². The molecule has 0 aromatic carbocycles. The van der Waals surface area contributed by atoms with Gasteiger partial charge in [0.25, 0.3) is 0 Å². The zero-order valence-electron chi connectivity index (χ0n) is 41.2. The number of hydrogen-bond acceptors (Lipinski definition) is 8. The third-order valence-corrected chi connectivity index (χ3v) is 14.3. The molecule has 0 aliphatic rings. The average molecular weight is 948 g/mol. The van der Waals surface area contributed by atoms with Gasteiger partial charge in [-0.25, -0.2) is 0 Å².